The van der Waals surface area contributed by atoms with Gasteiger partial charge in [-0.2, -0.15) is 0 Å². The minimum absolute atomic E-state index is 0.0117. The van der Waals surface area contributed by atoms with Gasteiger partial charge in [-0.3, -0.25) is 4.79 Å². The van der Waals surface area contributed by atoms with E-state index in [1.807, 2.05) is 0 Å². The molecule has 24 heavy (non-hydrogen) atoms. The molecule has 2 atom stereocenters. The number of methoxy groups -OCH3 is 1. The van der Waals surface area contributed by atoms with Gasteiger partial charge in [0.2, 0.25) is 5.91 Å². The summed E-state index contributed by atoms with van der Waals surface area (Å²) >= 11 is 0. The Bertz CT molecular complexity index is 509. The molecule has 1 aromatic carbocycles. The number of nitrogens with two attached hydrogens (primary N) is 1. The third kappa shape index (κ3) is 5.18. The Morgan fingerprint density at radius 3 is 2.62 bits per heavy atom. The van der Waals surface area contributed by atoms with Gasteiger partial charge in [-0.05, 0) is 49.6 Å². The first-order valence-electron chi connectivity index (χ1n) is 8.52. The van der Waals surface area contributed by atoms with Crippen LogP contribution in [0.1, 0.15) is 19.3 Å². The van der Waals surface area contributed by atoms with E-state index in [4.69, 9.17) is 15.2 Å². The van der Waals surface area contributed by atoms with Crippen LogP contribution in [0.25, 0.3) is 0 Å². The highest BCUT2D eigenvalue weighted by Crippen LogP contribution is 2.32. The number of carbonyl (C=O) groups is 1. The van der Waals surface area contributed by atoms with Gasteiger partial charge in [0.25, 0.3) is 0 Å². The van der Waals surface area contributed by atoms with Crippen molar-refractivity contribution in [1.82, 2.24) is 4.90 Å². The van der Waals surface area contributed by atoms with Gasteiger partial charge in [0.1, 0.15) is 18.2 Å². The maximum Gasteiger partial charge on any atom is 0.226 e. The standard InChI is InChI=1S/C18H27FN2O3/c1-23-11-9-21(18(22)17-4-2-3-14(17)13-20)10-12-24-16-7-5-15(19)6-8-16/h5-8,14,17H,2-4,9-13,20H2,1H3/t14-,17-/m1/s1. The minimum Gasteiger partial charge on any atom is -0.492 e. The van der Waals surface area contributed by atoms with Gasteiger partial charge >= 0.3 is 0 Å². The van der Waals surface area contributed by atoms with Crippen molar-refractivity contribution in [3.05, 3.63) is 30.1 Å². The predicted octanol–water partition coefficient (Wildman–Crippen LogP) is 2.05. The van der Waals surface area contributed by atoms with Gasteiger partial charge in [-0.25, -0.2) is 4.39 Å². The smallest absolute Gasteiger partial charge is 0.226 e. The van der Waals surface area contributed by atoms with Crippen LogP contribution in [-0.4, -0.2) is 50.8 Å². The third-order valence-electron chi connectivity index (χ3n) is 4.60. The number of nitrogens with zero attached hydrogens (tertiary/aromatic N) is 1. The average Bonchev–Trinajstić information content (AvgIpc) is 3.07. The van der Waals surface area contributed by atoms with Crippen LogP contribution >= 0.6 is 0 Å². The number of halogens is 1. The van der Waals surface area contributed by atoms with E-state index in [1.54, 1.807) is 24.1 Å². The van der Waals surface area contributed by atoms with Gasteiger partial charge in [0.15, 0.2) is 0 Å². The molecule has 0 radical (unpaired) electrons. The second kappa shape index (κ2) is 9.59. The van der Waals surface area contributed by atoms with Crippen molar-refractivity contribution >= 4 is 5.91 Å². The number of amides is 1. The van der Waals surface area contributed by atoms with E-state index in [-0.39, 0.29) is 23.6 Å². The quantitative estimate of drug-likeness (QED) is 0.748. The highest BCUT2D eigenvalue weighted by Gasteiger charge is 2.34. The molecule has 134 valence electrons. The SMILES string of the molecule is COCCN(CCOc1ccc(F)cc1)C(=O)[C@@H]1CCC[C@@H]1CN. The Balaban J connectivity index is 1.89. The number of carbonyl (C=O) groups excluding carboxylic acids is 1. The fraction of sp³-hybridized carbons (Fsp3) is 0.611. The summed E-state index contributed by atoms with van der Waals surface area (Å²) in [6, 6.07) is 5.87. The Labute approximate surface area is 142 Å². The molecule has 1 aromatic rings. The molecule has 2 rings (SSSR count). The first-order chi connectivity index (χ1) is 11.7. The van der Waals surface area contributed by atoms with Crippen molar-refractivity contribution in [1.29, 1.82) is 0 Å². The van der Waals surface area contributed by atoms with Crippen molar-refractivity contribution in [3.63, 3.8) is 0 Å². The number of hydrogen-bond acceptors (Lipinski definition) is 4. The lowest BCUT2D eigenvalue weighted by Crippen LogP contribution is -2.42. The molecule has 1 aliphatic rings. The fourth-order valence-electron chi connectivity index (χ4n) is 3.22. The summed E-state index contributed by atoms with van der Waals surface area (Å²) in [6.45, 7) is 2.42. The lowest BCUT2D eigenvalue weighted by Gasteiger charge is -2.28. The van der Waals surface area contributed by atoms with E-state index in [1.165, 1.54) is 12.1 Å². The summed E-state index contributed by atoms with van der Waals surface area (Å²) in [6.07, 6.45) is 2.99. The summed E-state index contributed by atoms with van der Waals surface area (Å²) in [4.78, 5) is 14.6. The van der Waals surface area contributed by atoms with Crippen LogP contribution in [0.4, 0.5) is 4.39 Å². The molecule has 0 aromatic heterocycles. The molecular formula is C18H27FN2O3. The van der Waals surface area contributed by atoms with E-state index in [9.17, 15) is 9.18 Å². The number of benzene rings is 1. The average molecular weight is 338 g/mol. The summed E-state index contributed by atoms with van der Waals surface area (Å²) in [5.74, 6) is 0.727. The highest BCUT2D eigenvalue weighted by molar-refractivity contribution is 5.79. The van der Waals surface area contributed by atoms with Gasteiger partial charge in [0.05, 0.1) is 13.2 Å². The van der Waals surface area contributed by atoms with Crippen LogP contribution in [0, 0.1) is 17.7 Å². The number of hydrogen-bond donors (Lipinski definition) is 1. The monoisotopic (exact) mass is 338 g/mol. The summed E-state index contributed by atoms with van der Waals surface area (Å²) in [7, 11) is 1.62. The van der Waals surface area contributed by atoms with Gasteiger partial charge in [-0.1, -0.05) is 6.42 Å². The molecular weight excluding hydrogens is 311 g/mol. The molecule has 1 amide bonds. The molecule has 0 bridgehead atoms. The Hall–Kier alpha value is -1.66. The van der Waals surface area contributed by atoms with Gasteiger partial charge in [-0.15, -0.1) is 0 Å². The molecule has 0 spiro atoms. The molecule has 5 nitrogen and oxygen atoms in total. The van der Waals surface area contributed by atoms with Crippen molar-refractivity contribution in [2.24, 2.45) is 17.6 Å². The summed E-state index contributed by atoms with van der Waals surface area (Å²) in [5, 5.41) is 0. The van der Waals surface area contributed by atoms with Crippen molar-refractivity contribution in [2.45, 2.75) is 19.3 Å². The normalized spacial score (nSPS) is 20.1. The van der Waals surface area contributed by atoms with Crippen LogP contribution < -0.4 is 10.5 Å². The summed E-state index contributed by atoms with van der Waals surface area (Å²) < 4.78 is 23.6. The Morgan fingerprint density at radius 2 is 1.96 bits per heavy atom. The molecule has 1 aliphatic carbocycles. The van der Waals surface area contributed by atoms with Crippen molar-refractivity contribution < 1.29 is 18.7 Å². The van der Waals surface area contributed by atoms with Crippen molar-refractivity contribution in [2.75, 3.05) is 40.0 Å². The third-order valence-corrected chi connectivity index (χ3v) is 4.60. The van der Waals surface area contributed by atoms with E-state index in [0.29, 0.717) is 38.6 Å². The Morgan fingerprint density at radius 1 is 1.25 bits per heavy atom. The highest BCUT2D eigenvalue weighted by atomic mass is 19.1. The molecule has 6 heteroatoms. The molecule has 0 heterocycles. The molecule has 1 fully saturated rings. The first kappa shape index (κ1) is 18.7. The minimum atomic E-state index is -0.298. The number of ether oxygens (including phenoxy) is 2. The second-order valence-corrected chi connectivity index (χ2v) is 6.15. The van der Waals surface area contributed by atoms with Crippen molar-refractivity contribution in [3.8, 4) is 5.75 Å². The Kier molecular flexibility index (Phi) is 7.46. The first-order valence-corrected chi connectivity index (χ1v) is 8.52. The van der Waals surface area contributed by atoms with Crippen LogP contribution in [0.3, 0.4) is 0 Å². The molecule has 1 saturated carbocycles. The van der Waals surface area contributed by atoms with E-state index in [0.717, 1.165) is 19.3 Å². The van der Waals surface area contributed by atoms with E-state index < -0.39 is 0 Å². The molecule has 0 unspecified atom stereocenters. The predicted molar refractivity (Wildman–Crippen MR) is 90.2 cm³/mol. The van der Waals surface area contributed by atoms with Crippen LogP contribution in [-0.2, 0) is 9.53 Å². The maximum atomic E-state index is 12.9. The molecule has 2 N–H and O–H groups in total. The zero-order valence-corrected chi connectivity index (χ0v) is 14.2. The molecule has 0 aliphatic heterocycles. The lowest BCUT2D eigenvalue weighted by atomic mass is 9.94. The second-order valence-electron chi connectivity index (χ2n) is 6.15. The van der Waals surface area contributed by atoms with Crippen LogP contribution in [0.5, 0.6) is 5.75 Å². The van der Waals surface area contributed by atoms with Crippen LogP contribution in [0.2, 0.25) is 0 Å². The number of rotatable bonds is 9. The zero-order valence-electron chi connectivity index (χ0n) is 14.2. The largest absolute Gasteiger partial charge is 0.492 e. The van der Waals surface area contributed by atoms with E-state index >= 15 is 0 Å². The topological polar surface area (TPSA) is 64.8 Å². The molecule has 0 saturated heterocycles. The lowest BCUT2D eigenvalue weighted by molar-refractivity contribution is -0.137. The zero-order chi connectivity index (χ0) is 17.4. The van der Waals surface area contributed by atoms with E-state index in [2.05, 4.69) is 0 Å². The van der Waals surface area contributed by atoms with Gasteiger partial charge < -0.3 is 20.1 Å². The maximum absolute atomic E-state index is 12.9. The van der Waals surface area contributed by atoms with Crippen LogP contribution in [0.15, 0.2) is 24.3 Å². The fourth-order valence-corrected chi connectivity index (χ4v) is 3.22. The summed E-state index contributed by atoms with van der Waals surface area (Å²) in [5.41, 5.74) is 5.80. The van der Waals surface area contributed by atoms with Gasteiger partial charge in [0, 0.05) is 19.6 Å².